The summed E-state index contributed by atoms with van der Waals surface area (Å²) in [5.41, 5.74) is -0.752. The van der Waals surface area contributed by atoms with E-state index in [0.717, 1.165) is 6.42 Å². The van der Waals surface area contributed by atoms with Crippen LogP contribution in [0, 0.1) is 34.5 Å². The zero-order valence-corrected chi connectivity index (χ0v) is 22.4. The number of ether oxygens (including phenoxy) is 1. The van der Waals surface area contributed by atoms with Gasteiger partial charge in [0.15, 0.2) is 0 Å². The quantitative estimate of drug-likeness (QED) is 0.364. The second-order valence-corrected chi connectivity index (χ2v) is 13.4. The molecule has 0 aliphatic heterocycles. The summed E-state index contributed by atoms with van der Waals surface area (Å²) in [7, 11) is 0. The molecule has 32 heavy (non-hydrogen) atoms. The topological polar surface area (TPSA) is 26.3 Å². The lowest BCUT2D eigenvalue weighted by atomic mass is 9.58. The summed E-state index contributed by atoms with van der Waals surface area (Å²) in [4.78, 5) is 14.4. The number of hydrogen-bond acceptors (Lipinski definition) is 2. The predicted octanol–water partition coefficient (Wildman–Crippen LogP) is 9.11. The zero-order valence-electron chi connectivity index (χ0n) is 22.4. The van der Waals surface area contributed by atoms with Crippen LogP contribution in [0.4, 0.5) is 0 Å². The second kappa shape index (κ2) is 10.8. The first-order valence-electron chi connectivity index (χ1n) is 14.3. The molecule has 1 unspecified atom stereocenters. The molecule has 0 amide bonds. The fourth-order valence-electron chi connectivity index (χ4n) is 7.70. The van der Waals surface area contributed by atoms with Crippen molar-refractivity contribution in [2.45, 2.75) is 150 Å². The van der Waals surface area contributed by atoms with E-state index in [0.29, 0.717) is 23.7 Å². The van der Waals surface area contributed by atoms with Crippen molar-refractivity contribution in [3.8, 4) is 0 Å². The van der Waals surface area contributed by atoms with E-state index in [1.54, 1.807) is 0 Å². The normalized spacial score (nSPS) is 25.0. The molecule has 0 spiro atoms. The first-order chi connectivity index (χ1) is 15.1. The van der Waals surface area contributed by atoms with Crippen molar-refractivity contribution in [1.29, 1.82) is 0 Å². The summed E-state index contributed by atoms with van der Waals surface area (Å²) in [6, 6.07) is 0. The molecule has 186 valence electrons. The van der Waals surface area contributed by atoms with Crippen molar-refractivity contribution in [2.24, 2.45) is 34.5 Å². The molecule has 0 heterocycles. The van der Waals surface area contributed by atoms with Crippen LogP contribution in [0.5, 0.6) is 0 Å². The van der Waals surface area contributed by atoms with Gasteiger partial charge in [-0.3, -0.25) is 4.79 Å². The molecular formula is C30H54O2. The van der Waals surface area contributed by atoms with E-state index in [2.05, 4.69) is 41.5 Å². The molecule has 3 saturated carbocycles. The van der Waals surface area contributed by atoms with Crippen LogP contribution in [0.2, 0.25) is 0 Å². The van der Waals surface area contributed by atoms with E-state index in [4.69, 9.17) is 4.74 Å². The van der Waals surface area contributed by atoms with Crippen LogP contribution in [0.25, 0.3) is 0 Å². The summed E-state index contributed by atoms with van der Waals surface area (Å²) < 4.78 is 7.21. The summed E-state index contributed by atoms with van der Waals surface area (Å²) >= 11 is 0. The Hall–Kier alpha value is -0.530. The van der Waals surface area contributed by atoms with Crippen LogP contribution >= 0.6 is 0 Å². The van der Waals surface area contributed by atoms with Gasteiger partial charge in [0.2, 0.25) is 0 Å². The first-order valence-corrected chi connectivity index (χ1v) is 14.3. The molecule has 0 bridgehead atoms. The molecule has 3 fully saturated rings. The van der Waals surface area contributed by atoms with E-state index < -0.39 is 5.41 Å². The van der Waals surface area contributed by atoms with Crippen molar-refractivity contribution < 1.29 is 9.53 Å². The van der Waals surface area contributed by atoms with Gasteiger partial charge in [0.05, 0.1) is 5.41 Å². The van der Waals surface area contributed by atoms with Crippen molar-refractivity contribution in [2.75, 3.05) is 0 Å². The summed E-state index contributed by atoms with van der Waals surface area (Å²) in [6.07, 6.45) is 20.6. The highest BCUT2D eigenvalue weighted by atomic mass is 16.6. The lowest BCUT2D eigenvalue weighted by molar-refractivity contribution is -0.214. The Morgan fingerprint density at radius 1 is 0.688 bits per heavy atom. The average molecular weight is 447 g/mol. The van der Waals surface area contributed by atoms with E-state index in [-0.39, 0.29) is 17.0 Å². The third kappa shape index (κ3) is 5.41. The van der Waals surface area contributed by atoms with Gasteiger partial charge in [-0.05, 0) is 81.0 Å². The molecule has 3 aliphatic carbocycles. The highest BCUT2D eigenvalue weighted by Gasteiger charge is 2.56. The minimum atomic E-state index is -0.440. The Kier molecular flexibility index (Phi) is 8.81. The fourth-order valence-corrected chi connectivity index (χ4v) is 7.70. The Balaban J connectivity index is 2.03. The number of esters is 1. The Morgan fingerprint density at radius 3 is 1.31 bits per heavy atom. The minimum Gasteiger partial charge on any atom is -0.458 e. The third-order valence-corrected chi connectivity index (χ3v) is 9.92. The van der Waals surface area contributed by atoms with Crippen molar-refractivity contribution >= 4 is 5.97 Å². The van der Waals surface area contributed by atoms with E-state index in [1.165, 1.54) is 96.3 Å². The molecule has 0 saturated heterocycles. The summed E-state index contributed by atoms with van der Waals surface area (Å²) in [5.74, 6) is 2.35. The molecule has 2 nitrogen and oxygen atoms in total. The van der Waals surface area contributed by atoms with Crippen LogP contribution < -0.4 is 0 Å². The Labute approximate surface area is 200 Å². The maximum absolute atomic E-state index is 14.4. The standard InChI is InChI=1S/C30H54O2/c1-23(2)22-29(6,28(3,4)5)27(31)32-30(24-16-10-7-11-17-24,25-18-12-8-13-19-25)26-20-14-9-15-21-26/h23-26H,7-22H2,1-6H3. The maximum atomic E-state index is 14.4. The average Bonchev–Trinajstić information content (AvgIpc) is 2.78. The molecule has 0 aromatic rings. The minimum absolute atomic E-state index is 0.105. The van der Waals surface area contributed by atoms with Gasteiger partial charge in [0, 0.05) is 0 Å². The molecule has 0 radical (unpaired) electrons. The van der Waals surface area contributed by atoms with Gasteiger partial charge in [-0.25, -0.2) is 0 Å². The monoisotopic (exact) mass is 446 g/mol. The summed E-state index contributed by atoms with van der Waals surface area (Å²) in [6.45, 7) is 13.5. The van der Waals surface area contributed by atoms with E-state index >= 15 is 0 Å². The zero-order chi connectivity index (χ0) is 23.4. The van der Waals surface area contributed by atoms with E-state index in [1.807, 2.05) is 0 Å². The second-order valence-electron chi connectivity index (χ2n) is 13.4. The summed E-state index contributed by atoms with van der Waals surface area (Å²) in [5, 5.41) is 0. The maximum Gasteiger partial charge on any atom is 0.312 e. The molecular weight excluding hydrogens is 392 g/mol. The van der Waals surface area contributed by atoms with Gasteiger partial charge >= 0.3 is 5.97 Å². The third-order valence-electron chi connectivity index (χ3n) is 9.92. The first kappa shape index (κ1) is 26.1. The van der Waals surface area contributed by atoms with Gasteiger partial charge in [-0.15, -0.1) is 0 Å². The molecule has 1 atom stereocenters. The molecule has 0 aromatic carbocycles. The van der Waals surface area contributed by atoms with Crippen molar-refractivity contribution in [3.05, 3.63) is 0 Å². The van der Waals surface area contributed by atoms with Crippen LogP contribution in [0.15, 0.2) is 0 Å². The van der Waals surface area contributed by atoms with Crippen molar-refractivity contribution in [3.63, 3.8) is 0 Å². The highest BCUT2D eigenvalue weighted by Crippen LogP contribution is 2.55. The Bertz CT molecular complexity index is 537. The van der Waals surface area contributed by atoms with Gasteiger partial charge in [0.25, 0.3) is 0 Å². The smallest absolute Gasteiger partial charge is 0.312 e. The fraction of sp³-hybridized carbons (Fsp3) is 0.967. The molecule has 0 aromatic heterocycles. The van der Waals surface area contributed by atoms with Gasteiger partial charge in [0.1, 0.15) is 5.60 Å². The number of hydrogen-bond donors (Lipinski definition) is 0. The van der Waals surface area contributed by atoms with Crippen LogP contribution in [-0.4, -0.2) is 11.6 Å². The van der Waals surface area contributed by atoms with E-state index in [9.17, 15) is 4.79 Å². The largest absolute Gasteiger partial charge is 0.458 e. The highest BCUT2D eigenvalue weighted by molar-refractivity contribution is 5.78. The van der Waals surface area contributed by atoms with Crippen LogP contribution in [0.1, 0.15) is 144 Å². The van der Waals surface area contributed by atoms with Crippen molar-refractivity contribution in [1.82, 2.24) is 0 Å². The van der Waals surface area contributed by atoms with Gasteiger partial charge < -0.3 is 4.74 Å². The molecule has 0 N–H and O–H groups in total. The molecule has 3 aliphatic rings. The SMILES string of the molecule is CC(C)CC(C)(C(=O)OC(C1CCCCC1)(C1CCCCC1)C1CCCCC1)C(C)(C)C. The molecule has 2 heteroatoms. The van der Waals surface area contributed by atoms with Gasteiger partial charge in [-0.1, -0.05) is 92.4 Å². The molecule has 3 rings (SSSR count). The predicted molar refractivity (Wildman–Crippen MR) is 136 cm³/mol. The van der Waals surface area contributed by atoms with Gasteiger partial charge in [-0.2, -0.15) is 0 Å². The van der Waals surface area contributed by atoms with Crippen LogP contribution in [0.3, 0.4) is 0 Å². The Morgan fingerprint density at radius 2 is 1.03 bits per heavy atom. The van der Waals surface area contributed by atoms with Crippen LogP contribution in [-0.2, 0) is 9.53 Å². The number of carbonyl (C=O) groups excluding carboxylic acids is 1. The number of rotatable bonds is 7. The lowest BCUT2D eigenvalue weighted by Gasteiger charge is -2.55. The number of carbonyl (C=O) groups is 1. The lowest BCUT2D eigenvalue weighted by Crippen LogP contribution is -2.58.